The number of carbonyl (C=O) groups excluding carboxylic acids is 1. The molecule has 23 heavy (non-hydrogen) atoms. The monoisotopic (exact) mass is 334 g/mol. The fourth-order valence-corrected chi connectivity index (χ4v) is 2.75. The molecule has 7 heteroatoms. The summed E-state index contributed by atoms with van der Waals surface area (Å²) in [4.78, 5) is 14.3. The van der Waals surface area contributed by atoms with Crippen molar-refractivity contribution in [3.63, 3.8) is 0 Å². The number of nitrogens with zero attached hydrogens (tertiary/aromatic N) is 3. The largest absolute Gasteiger partial charge is 0.491 e. The van der Waals surface area contributed by atoms with Crippen molar-refractivity contribution >= 4 is 17.6 Å². The maximum Gasteiger partial charge on any atom is 0.318 e. The molecule has 0 fully saturated rings. The van der Waals surface area contributed by atoms with Crippen LogP contribution in [-0.2, 0) is 13.6 Å². The summed E-state index contributed by atoms with van der Waals surface area (Å²) in [6.07, 6.45) is 3.65. The summed E-state index contributed by atoms with van der Waals surface area (Å²) in [5.41, 5.74) is 1.88. The molecule has 1 aromatic carbocycles. The highest BCUT2D eigenvalue weighted by Gasteiger charge is 2.21. The molecule has 1 atom stereocenters. The average Bonchev–Trinajstić information content (AvgIpc) is 2.83. The Bertz CT molecular complexity index is 716. The molecule has 1 aliphatic heterocycles. The third-order valence-corrected chi connectivity index (χ3v) is 4.09. The smallest absolute Gasteiger partial charge is 0.318 e. The highest BCUT2D eigenvalue weighted by molar-refractivity contribution is 6.30. The molecule has 0 saturated heterocycles. The predicted octanol–water partition coefficient (Wildman–Crippen LogP) is 2.74. The molecular formula is C16H19ClN4O2. The van der Waals surface area contributed by atoms with Gasteiger partial charge in [-0.05, 0) is 25.1 Å². The van der Waals surface area contributed by atoms with E-state index in [1.165, 1.54) is 0 Å². The van der Waals surface area contributed by atoms with Crippen LogP contribution >= 0.6 is 11.6 Å². The molecule has 3 rings (SSSR count). The number of ether oxygens (including phenoxy) is 1. The summed E-state index contributed by atoms with van der Waals surface area (Å²) in [6, 6.07) is 5.24. The van der Waals surface area contributed by atoms with Crippen LogP contribution < -0.4 is 10.1 Å². The summed E-state index contributed by atoms with van der Waals surface area (Å²) in [5, 5.41) is 7.76. The van der Waals surface area contributed by atoms with Gasteiger partial charge in [0.1, 0.15) is 12.4 Å². The van der Waals surface area contributed by atoms with Gasteiger partial charge in [-0.2, -0.15) is 5.10 Å². The van der Waals surface area contributed by atoms with E-state index in [0.717, 1.165) is 16.9 Å². The van der Waals surface area contributed by atoms with Crippen LogP contribution in [0.4, 0.5) is 4.79 Å². The third kappa shape index (κ3) is 3.59. The molecule has 2 amide bonds. The molecule has 2 heterocycles. The lowest BCUT2D eigenvalue weighted by atomic mass is 10.2. The summed E-state index contributed by atoms with van der Waals surface area (Å²) < 4.78 is 7.40. The number of aryl methyl sites for hydroxylation is 1. The van der Waals surface area contributed by atoms with Crippen LogP contribution in [0.25, 0.3) is 0 Å². The Morgan fingerprint density at radius 2 is 2.30 bits per heavy atom. The molecule has 0 saturated carbocycles. The second-order valence-electron chi connectivity index (χ2n) is 5.64. The first kappa shape index (κ1) is 15.7. The van der Waals surface area contributed by atoms with Crippen LogP contribution in [0.3, 0.4) is 0 Å². The van der Waals surface area contributed by atoms with Gasteiger partial charge in [-0.15, -0.1) is 0 Å². The first-order valence-corrected chi connectivity index (χ1v) is 7.86. The van der Waals surface area contributed by atoms with Gasteiger partial charge in [0, 0.05) is 29.4 Å². The molecule has 0 spiro atoms. The molecule has 0 unspecified atom stereocenters. The quantitative estimate of drug-likeness (QED) is 0.918. The first-order chi connectivity index (χ1) is 11.0. The van der Waals surface area contributed by atoms with Gasteiger partial charge in [0.2, 0.25) is 0 Å². The highest BCUT2D eigenvalue weighted by Crippen LogP contribution is 2.26. The molecule has 2 aromatic rings. The number of amides is 2. The first-order valence-electron chi connectivity index (χ1n) is 7.48. The predicted molar refractivity (Wildman–Crippen MR) is 87.5 cm³/mol. The number of hydrogen-bond donors (Lipinski definition) is 1. The Hall–Kier alpha value is -2.21. The van der Waals surface area contributed by atoms with Crippen LogP contribution in [0.5, 0.6) is 5.75 Å². The number of fused-ring (bicyclic) bond motifs is 1. The number of nitrogens with one attached hydrogen (secondary N) is 1. The maximum absolute atomic E-state index is 12.5. The van der Waals surface area contributed by atoms with Gasteiger partial charge < -0.3 is 15.0 Å². The summed E-state index contributed by atoms with van der Waals surface area (Å²) >= 11 is 6.04. The SMILES string of the molecule is C[C@@H](NC(=O)N1CCOc2ccc(Cl)cc2C1)c1cnn(C)c1. The number of aromatic nitrogens is 2. The van der Waals surface area contributed by atoms with Gasteiger partial charge in [-0.3, -0.25) is 4.68 Å². The van der Waals surface area contributed by atoms with Gasteiger partial charge in [0.15, 0.2) is 0 Å². The van der Waals surface area contributed by atoms with Crippen molar-refractivity contribution in [2.75, 3.05) is 13.2 Å². The van der Waals surface area contributed by atoms with Gasteiger partial charge in [0.05, 0.1) is 25.3 Å². The summed E-state index contributed by atoms with van der Waals surface area (Å²) in [5.74, 6) is 0.782. The Balaban J connectivity index is 1.70. The molecule has 1 aliphatic rings. The number of urea groups is 1. The minimum Gasteiger partial charge on any atom is -0.491 e. The van der Waals surface area contributed by atoms with Crippen LogP contribution in [0, 0.1) is 0 Å². The van der Waals surface area contributed by atoms with Crippen molar-refractivity contribution in [3.8, 4) is 5.75 Å². The van der Waals surface area contributed by atoms with E-state index in [9.17, 15) is 4.79 Å². The second kappa shape index (κ2) is 6.50. The Labute approximate surface area is 140 Å². The summed E-state index contributed by atoms with van der Waals surface area (Å²) in [7, 11) is 1.85. The Morgan fingerprint density at radius 3 is 3.04 bits per heavy atom. The second-order valence-corrected chi connectivity index (χ2v) is 6.08. The zero-order valence-corrected chi connectivity index (χ0v) is 13.9. The van der Waals surface area contributed by atoms with E-state index in [-0.39, 0.29) is 12.1 Å². The number of rotatable bonds is 2. The van der Waals surface area contributed by atoms with Gasteiger partial charge >= 0.3 is 6.03 Å². The normalized spacial score (nSPS) is 15.3. The van der Waals surface area contributed by atoms with Crippen LogP contribution in [0.15, 0.2) is 30.6 Å². The summed E-state index contributed by atoms with van der Waals surface area (Å²) in [6.45, 7) is 3.40. The minimum absolute atomic E-state index is 0.112. The number of benzene rings is 1. The van der Waals surface area contributed by atoms with Crippen LogP contribution in [0.2, 0.25) is 5.02 Å². The van der Waals surface area contributed by atoms with Crippen LogP contribution in [-0.4, -0.2) is 33.9 Å². The third-order valence-electron chi connectivity index (χ3n) is 3.85. The van der Waals surface area contributed by atoms with E-state index in [1.54, 1.807) is 21.8 Å². The lowest BCUT2D eigenvalue weighted by molar-refractivity contribution is 0.184. The number of hydrogen-bond acceptors (Lipinski definition) is 3. The van der Waals surface area contributed by atoms with Gasteiger partial charge in [-0.1, -0.05) is 11.6 Å². The van der Waals surface area contributed by atoms with Crippen molar-refractivity contribution in [3.05, 3.63) is 46.7 Å². The lowest BCUT2D eigenvalue weighted by Crippen LogP contribution is -2.41. The van der Waals surface area contributed by atoms with E-state index in [0.29, 0.717) is 24.7 Å². The highest BCUT2D eigenvalue weighted by atomic mass is 35.5. The molecule has 0 bridgehead atoms. The van der Waals surface area contributed by atoms with Crippen molar-refractivity contribution in [2.45, 2.75) is 19.5 Å². The van der Waals surface area contributed by atoms with Crippen molar-refractivity contribution in [1.82, 2.24) is 20.0 Å². The van der Waals surface area contributed by atoms with E-state index >= 15 is 0 Å². The Kier molecular flexibility index (Phi) is 4.43. The number of halogens is 1. The van der Waals surface area contributed by atoms with E-state index < -0.39 is 0 Å². The molecule has 122 valence electrons. The van der Waals surface area contributed by atoms with Gasteiger partial charge in [0.25, 0.3) is 0 Å². The minimum atomic E-state index is -0.127. The van der Waals surface area contributed by atoms with E-state index in [1.807, 2.05) is 32.3 Å². The van der Waals surface area contributed by atoms with Crippen molar-refractivity contribution < 1.29 is 9.53 Å². The average molecular weight is 335 g/mol. The lowest BCUT2D eigenvalue weighted by Gasteiger charge is -2.23. The molecule has 1 N–H and O–H groups in total. The molecule has 1 aromatic heterocycles. The molecule has 6 nitrogen and oxygen atoms in total. The van der Waals surface area contributed by atoms with E-state index in [4.69, 9.17) is 16.3 Å². The fraction of sp³-hybridized carbons (Fsp3) is 0.375. The van der Waals surface area contributed by atoms with Gasteiger partial charge in [-0.25, -0.2) is 4.79 Å². The standard InChI is InChI=1S/C16H19ClN4O2/c1-11(13-8-18-20(2)9-13)19-16(22)21-5-6-23-15-4-3-14(17)7-12(15)10-21/h3-4,7-9,11H,5-6,10H2,1-2H3,(H,19,22)/t11-/m1/s1. The van der Waals surface area contributed by atoms with Crippen molar-refractivity contribution in [2.24, 2.45) is 7.05 Å². The molecular weight excluding hydrogens is 316 g/mol. The zero-order chi connectivity index (χ0) is 16.4. The fourth-order valence-electron chi connectivity index (χ4n) is 2.56. The zero-order valence-electron chi connectivity index (χ0n) is 13.1. The van der Waals surface area contributed by atoms with Crippen LogP contribution in [0.1, 0.15) is 24.1 Å². The number of carbonyl (C=O) groups is 1. The van der Waals surface area contributed by atoms with Crippen molar-refractivity contribution in [1.29, 1.82) is 0 Å². The maximum atomic E-state index is 12.5. The Morgan fingerprint density at radius 1 is 1.48 bits per heavy atom. The topological polar surface area (TPSA) is 59.4 Å². The molecule has 0 aliphatic carbocycles. The molecule has 0 radical (unpaired) electrons. The van der Waals surface area contributed by atoms with E-state index in [2.05, 4.69) is 10.4 Å².